The maximum atomic E-state index is 11.8. The SMILES string of the molecule is O=C(C=CC(=O)Nc1cc(Cl)cc(Cl)c1)Nc1cc(Cl)cc(Cl)c1. The van der Waals surface area contributed by atoms with E-state index >= 15 is 0 Å². The van der Waals surface area contributed by atoms with Crippen molar-refractivity contribution in [3.63, 3.8) is 0 Å². The molecule has 8 heteroatoms. The molecule has 2 aromatic carbocycles. The zero-order chi connectivity index (χ0) is 17.7. The minimum absolute atomic E-state index is 0.386. The normalized spacial score (nSPS) is 10.7. The first-order chi connectivity index (χ1) is 11.3. The molecular weight excluding hydrogens is 394 g/mol. The number of hydrogen-bond acceptors (Lipinski definition) is 2. The Balaban J connectivity index is 1.96. The van der Waals surface area contributed by atoms with Gasteiger partial charge in [-0.1, -0.05) is 46.4 Å². The Hall–Kier alpha value is -1.72. The van der Waals surface area contributed by atoms with Crippen molar-refractivity contribution < 1.29 is 9.59 Å². The van der Waals surface area contributed by atoms with Crippen molar-refractivity contribution in [1.29, 1.82) is 0 Å². The van der Waals surface area contributed by atoms with Crippen LogP contribution >= 0.6 is 46.4 Å². The van der Waals surface area contributed by atoms with Crippen LogP contribution in [0.15, 0.2) is 48.6 Å². The Morgan fingerprint density at radius 1 is 0.625 bits per heavy atom. The van der Waals surface area contributed by atoms with Crippen molar-refractivity contribution in [2.75, 3.05) is 10.6 Å². The minimum Gasteiger partial charge on any atom is -0.322 e. The molecule has 0 aliphatic carbocycles. The molecule has 0 aliphatic heterocycles. The van der Waals surface area contributed by atoms with E-state index in [4.69, 9.17) is 46.4 Å². The van der Waals surface area contributed by atoms with Crippen molar-refractivity contribution in [3.05, 3.63) is 68.6 Å². The highest BCUT2D eigenvalue weighted by molar-refractivity contribution is 6.35. The van der Waals surface area contributed by atoms with E-state index in [0.29, 0.717) is 31.5 Å². The lowest BCUT2D eigenvalue weighted by Gasteiger charge is -2.05. The van der Waals surface area contributed by atoms with E-state index in [9.17, 15) is 9.59 Å². The monoisotopic (exact) mass is 402 g/mol. The molecule has 0 saturated heterocycles. The number of carbonyl (C=O) groups excluding carboxylic acids is 2. The highest BCUT2D eigenvalue weighted by Gasteiger charge is 2.04. The molecule has 0 fully saturated rings. The predicted octanol–water partition coefficient (Wildman–Crippen LogP) is 5.43. The molecule has 2 amide bonds. The molecule has 0 aliphatic rings. The third-order valence-corrected chi connectivity index (χ3v) is 3.52. The van der Waals surface area contributed by atoms with E-state index in [-0.39, 0.29) is 0 Å². The van der Waals surface area contributed by atoms with Gasteiger partial charge in [0.25, 0.3) is 0 Å². The summed E-state index contributed by atoms with van der Waals surface area (Å²) < 4.78 is 0. The zero-order valence-corrected chi connectivity index (χ0v) is 15.0. The van der Waals surface area contributed by atoms with Crippen LogP contribution < -0.4 is 10.6 Å². The van der Waals surface area contributed by atoms with Gasteiger partial charge in [-0.3, -0.25) is 9.59 Å². The predicted molar refractivity (Wildman–Crippen MR) is 99.3 cm³/mol. The first-order valence-electron chi connectivity index (χ1n) is 6.54. The van der Waals surface area contributed by atoms with Gasteiger partial charge in [0, 0.05) is 43.6 Å². The van der Waals surface area contributed by atoms with Gasteiger partial charge >= 0.3 is 0 Å². The number of nitrogens with one attached hydrogen (secondary N) is 2. The van der Waals surface area contributed by atoms with Crippen molar-refractivity contribution in [2.45, 2.75) is 0 Å². The standard InChI is InChI=1S/C16H10Cl4N2O2/c17-9-3-10(18)6-13(5-9)21-15(23)1-2-16(24)22-14-7-11(19)4-12(20)8-14/h1-8H,(H,21,23)(H,22,24). The average molecular weight is 404 g/mol. The van der Waals surface area contributed by atoms with Gasteiger partial charge in [-0.05, 0) is 36.4 Å². The van der Waals surface area contributed by atoms with Gasteiger partial charge in [0.2, 0.25) is 11.8 Å². The van der Waals surface area contributed by atoms with Crippen LogP contribution in [0.3, 0.4) is 0 Å². The van der Waals surface area contributed by atoms with Crippen LogP contribution in [0.4, 0.5) is 11.4 Å². The van der Waals surface area contributed by atoms with Gasteiger partial charge in [0.05, 0.1) is 0 Å². The van der Waals surface area contributed by atoms with Gasteiger partial charge in [-0.15, -0.1) is 0 Å². The van der Waals surface area contributed by atoms with E-state index < -0.39 is 11.8 Å². The molecule has 0 spiro atoms. The summed E-state index contributed by atoms with van der Waals surface area (Å²) in [5.74, 6) is -1.01. The second-order valence-corrected chi connectivity index (χ2v) is 6.37. The highest BCUT2D eigenvalue weighted by Crippen LogP contribution is 2.23. The molecule has 0 radical (unpaired) electrons. The third kappa shape index (κ3) is 6.06. The molecule has 2 aromatic rings. The smallest absolute Gasteiger partial charge is 0.248 e. The average Bonchev–Trinajstić information content (AvgIpc) is 2.42. The van der Waals surface area contributed by atoms with Gasteiger partial charge in [0.1, 0.15) is 0 Å². The van der Waals surface area contributed by atoms with Crippen molar-refractivity contribution in [1.82, 2.24) is 0 Å². The molecular formula is C16H10Cl4N2O2. The molecule has 24 heavy (non-hydrogen) atoms. The molecule has 0 atom stereocenters. The lowest BCUT2D eigenvalue weighted by Crippen LogP contribution is -2.12. The van der Waals surface area contributed by atoms with Crippen LogP contribution in [0.5, 0.6) is 0 Å². The second kappa shape index (κ2) is 8.40. The van der Waals surface area contributed by atoms with Crippen LogP contribution in [-0.4, -0.2) is 11.8 Å². The number of rotatable bonds is 4. The Labute approximate surface area is 158 Å². The molecule has 0 unspecified atom stereocenters. The maximum Gasteiger partial charge on any atom is 0.248 e. The quantitative estimate of drug-likeness (QED) is 0.668. The number of amides is 2. The minimum atomic E-state index is -0.507. The van der Waals surface area contributed by atoms with Crippen LogP contribution in [0.25, 0.3) is 0 Å². The van der Waals surface area contributed by atoms with Crippen LogP contribution in [0, 0.1) is 0 Å². The fraction of sp³-hybridized carbons (Fsp3) is 0. The van der Waals surface area contributed by atoms with Crippen LogP contribution in [0.1, 0.15) is 0 Å². The van der Waals surface area contributed by atoms with Gasteiger partial charge in [0.15, 0.2) is 0 Å². The largest absolute Gasteiger partial charge is 0.322 e. The lowest BCUT2D eigenvalue weighted by molar-refractivity contribution is -0.114. The van der Waals surface area contributed by atoms with E-state index in [1.807, 2.05) is 0 Å². The zero-order valence-electron chi connectivity index (χ0n) is 11.9. The summed E-state index contributed by atoms with van der Waals surface area (Å²) in [6, 6.07) is 9.22. The first-order valence-corrected chi connectivity index (χ1v) is 8.05. The van der Waals surface area contributed by atoms with Gasteiger partial charge < -0.3 is 10.6 Å². The molecule has 124 valence electrons. The van der Waals surface area contributed by atoms with E-state index in [2.05, 4.69) is 10.6 Å². The van der Waals surface area contributed by atoms with Crippen molar-refractivity contribution in [3.8, 4) is 0 Å². The molecule has 2 N–H and O–H groups in total. The summed E-state index contributed by atoms with van der Waals surface area (Å²) in [6.07, 6.45) is 2.16. The second-order valence-electron chi connectivity index (χ2n) is 4.63. The maximum absolute atomic E-state index is 11.8. The summed E-state index contributed by atoms with van der Waals surface area (Å²) in [7, 11) is 0. The van der Waals surface area contributed by atoms with Gasteiger partial charge in [-0.25, -0.2) is 0 Å². The van der Waals surface area contributed by atoms with Gasteiger partial charge in [-0.2, -0.15) is 0 Å². The Morgan fingerprint density at radius 3 is 1.21 bits per heavy atom. The van der Waals surface area contributed by atoms with E-state index in [0.717, 1.165) is 12.2 Å². The fourth-order valence-electron chi connectivity index (χ4n) is 1.77. The van der Waals surface area contributed by atoms with Crippen molar-refractivity contribution in [2.24, 2.45) is 0 Å². The lowest BCUT2D eigenvalue weighted by atomic mass is 10.3. The molecule has 0 heterocycles. The number of anilines is 2. The topological polar surface area (TPSA) is 58.2 Å². The number of benzene rings is 2. The molecule has 0 saturated carbocycles. The molecule has 0 aromatic heterocycles. The first kappa shape index (κ1) is 18.6. The Kier molecular flexibility index (Phi) is 6.52. The Morgan fingerprint density at radius 2 is 0.917 bits per heavy atom. The highest BCUT2D eigenvalue weighted by atomic mass is 35.5. The number of carbonyl (C=O) groups is 2. The summed E-state index contributed by atoms with van der Waals surface area (Å²) in [5, 5.41) is 6.63. The summed E-state index contributed by atoms with van der Waals surface area (Å²) >= 11 is 23.3. The summed E-state index contributed by atoms with van der Waals surface area (Å²) in [4.78, 5) is 23.6. The van der Waals surface area contributed by atoms with E-state index in [1.54, 1.807) is 0 Å². The number of hydrogen-bond donors (Lipinski definition) is 2. The third-order valence-electron chi connectivity index (χ3n) is 2.65. The molecule has 0 bridgehead atoms. The van der Waals surface area contributed by atoms with Crippen LogP contribution in [0.2, 0.25) is 20.1 Å². The number of halogens is 4. The summed E-state index contributed by atoms with van der Waals surface area (Å²) in [5.41, 5.74) is 0.841. The van der Waals surface area contributed by atoms with E-state index in [1.165, 1.54) is 36.4 Å². The summed E-state index contributed by atoms with van der Waals surface area (Å²) in [6.45, 7) is 0. The van der Waals surface area contributed by atoms with Crippen LogP contribution in [-0.2, 0) is 9.59 Å². The fourth-order valence-corrected chi connectivity index (χ4v) is 2.82. The van der Waals surface area contributed by atoms with Crippen molar-refractivity contribution >= 4 is 69.6 Å². The molecule has 2 rings (SSSR count). The Bertz CT molecular complexity index is 714. The molecule has 4 nitrogen and oxygen atoms in total.